The third-order valence-electron chi connectivity index (χ3n) is 6.68. The van der Waals surface area contributed by atoms with Crippen LogP contribution in [-0.2, 0) is 14.8 Å². The van der Waals surface area contributed by atoms with Crippen LogP contribution in [0.2, 0.25) is 5.02 Å². The number of nitrogens with one attached hydrogen (secondary N) is 1. The zero-order valence-corrected chi connectivity index (χ0v) is 21.8. The number of hydrogen-bond donors (Lipinski definition) is 1. The summed E-state index contributed by atoms with van der Waals surface area (Å²) >= 11 is 5.90. The molecule has 1 atom stereocenters. The molecule has 1 fully saturated rings. The van der Waals surface area contributed by atoms with Gasteiger partial charge in [0.05, 0.1) is 4.90 Å². The SMILES string of the molecule is CCN(CC)C(=O)[C@@H](NC(=O)c1ccc2c(c1)OCO2)C1CCN(S(=O)(=O)c2ccc(Cl)cc2)CC1. The first-order chi connectivity index (χ1) is 17.2. The van der Waals surface area contributed by atoms with Gasteiger partial charge in [0.2, 0.25) is 22.7 Å². The number of carbonyl (C=O) groups is 2. The van der Waals surface area contributed by atoms with Gasteiger partial charge in [0, 0.05) is 36.8 Å². The fraction of sp³-hybridized carbons (Fsp3) is 0.440. The van der Waals surface area contributed by atoms with Crippen LogP contribution in [-0.4, -0.2) is 68.5 Å². The molecule has 0 bridgehead atoms. The Kier molecular flexibility index (Phi) is 8.07. The average molecular weight is 536 g/mol. The zero-order chi connectivity index (χ0) is 25.9. The second-order valence-electron chi connectivity index (χ2n) is 8.73. The molecule has 1 N–H and O–H groups in total. The molecule has 2 aromatic rings. The van der Waals surface area contributed by atoms with Gasteiger partial charge in [-0.3, -0.25) is 9.59 Å². The number of carbonyl (C=O) groups excluding carboxylic acids is 2. The molecule has 0 unspecified atom stereocenters. The van der Waals surface area contributed by atoms with Crippen molar-refractivity contribution in [1.82, 2.24) is 14.5 Å². The zero-order valence-electron chi connectivity index (χ0n) is 20.3. The van der Waals surface area contributed by atoms with Gasteiger partial charge in [0.25, 0.3) is 5.91 Å². The van der Waals surface area contributed by atoms with E-state index in [-0.39, 0.29) is 36.6 Å². The Morgan fingerprint density at radius 3 is 2.33 bits per heavy atom. The molecule has 2 aliphatic heterocycles. The van der Waals surface area contributed by atoms with E-state index in [1.54, 1.807) is 35.2 Å². The van der Waals surface area contributed by atoms with E-state index >= 15 is 0 Å². The molecule has 0 saturated carbocycles. The van der Waals surface area contributed by atoms with Crippen molar-refractivity contribution in [3.8, 4) is 11.5 Å². The number of ether oxygens (including phenoxy) is 2. The lowest BCUT2D eigenvalue weighted by atomic mass is 9.89. The molecular weight excluding hydrogens is 506 g/mol. The summed E-state index contributed by atoms with van der Waals surface area (Å²) < 4.78 is 38.3. The van der Waals surface area contributed by atoms with Crippen molar-refractivity contribution in [1.29, 1.82) is 0 Å². The monoisotopic (exact) mass is 535 g/mol. The van der Waals surface area contributed by atoms with Crippen LogP contribution >= 0.6 is 11.6 Å². The van der Waals surface area contributed by atoms with E-state index in [4.69, 9.17) is 21.1 Å². The standard InChI is InChI=1S/C25H30ClN3O6S/c1-3-28(4-2)25(31)23(27-24(30)18-5-10-21-22(15-18)35-16-34-21)17-11-13-29(14-12-17)36(32,33)20-8-6-19(26)7-9-20/h5-10,15,17,23H,3-4,11-14,16H2,1-2H3,(H,27,30)/t23-/m0/s1. The summed E-state index contributed by atoms with van der Waals surface area (Å²) in [4.78, 5) is 28.4. The molecule has 2 heterocycles. The van der Waals surface area contributed by atoms with Crippen LogP contribution in [0, 0.1) is 5.92 Å². The summed E-state index contributed by atoms with van der Waals surface area (Å²) in [6.07, 6.45) is 0.873. The minimum atomic E-state index is -3.68. The Labute approximate surface area is 216 Å². The molecule has 0 radical (unpaired) electrons. The fourth-order valence-electron chi connectivity index (χ4n) is 4.58. The molecule has 1 saturated heterocycles. The molecule has 0 spiro atoms. The van der Waals surface area contributed by atoms with Crippen LogP contribution in [0.5, 0.6) is 11.5 Å². The van der Waals surface area contributed by atoms with E-state index in [1.807, 2.05) is 13.8 Å². The normalized spacial score (nSPS) is 17.0. The molecule has 0 aromatic heterocycles. The van der Waals surface area contributed by atoms with Gasteiger partial charge < -0.3 is 19.7 Å². The van der Waals surface area contributed by atoms with E-state index < -0.39 is 22.0 Å². The van der Waals surface area contributed by atoms with Crippen LogP contribution in [0.15, 0.2) is 47.4 Å². The minimum absolute atomic E-state index is 0.0982. The first kappa shape index (κ1) is 26.2. The van der Waals surface area contributed by atoms with Gasteiger partial charge in [-0.2, -0.15) is 4.31 Å². The molecule has 194 valence electrons. The third kappa shape index (κ3) is 5.45. The Hall–Kier alpha value is -2.82. The van der Waals surface area contributed by atoms with Gasteiger partial charge in [0.15, 0.2) is 11.5 Å². The molecule has 0 aliphatic carbocycles. The molecule has 4 rings (SSSR count). The van der Waals surface area contributed by atoms with Crippen LogP contribution < -0.4 is 14.8 Å². The fourth-order valence-corrected chi connectivity index (χ4v) is 6.18. The number of rotatable bonds is 8. The lowest BCUT2D eigenvalue weighted by Gasteiger charge is -2.37. The van der Waals surface area contributed by atoms with Crippen molar-refractivity contribution < 1.29 is 27.5 Å². The van der Waals surface area contributed by atoms with E-state index in [1.165, 1.54) is 16.4 Å². The number of halogens is 1. The summed E-state index contributed by atoms with van der Waals surface area (Å²) in [5, 5.41) is 3.39. The topological polar surface area (TPSA) is 105 Å². The van der Waals surface area contributed by atoms with Crippen molar-refractivity contribution in [2.24, 2.45) is 5.92 Å². The van der Waals surface area contributed by atoms with Crippen molar-refractivity contribution >= 4 is 33.4 Å². The smallest absolute Gasteiger partial charge is 0.252 e. The highest BCUT2D eigenvalue weighted by Crippen LogP contribution is 2.33. The van der Waals surface area contributed by atoms with E-state index in [0.29, 0.717) is 48.0 Å². The molecule has 2 aromatic carbocycles. The third-order valence-corrected chi connectivity index (χ3v) is 8.85. The summed E-state index contributed by atoms with van der Waals surface area (Å²) in [6, 6.07) is 10.2. The molecule has 36 heavy (non-hydrogen) atoms. The Morgan fingerprint density at radius 1 is 1.06 bits per heavy atom. The Bertz CT molecular complexity index is 1210. The number of piperidine rings is 1. The molecule has 11 heteroatoms. The molecule has 9 nitrogen and oxygen atoms in total. The quantitative estimate of drug-likeness (QED) is 0.557. The predicted molar refractivity (Wildman–Crippen MR) is 135 cm³/mol. The van der Waals surface area contributed by atoms with E-state index in [9.17, 15) is 18.0 Å². The van der Waals surface area contributed by atoms with Crippen molar-refractivity contribution in [3.05, 3.63) is 53.1 Å². The predicted octanol–water partition coefficient (Wildman–Crippen LogP) is 3.14. The summed E-state index contributed by atoms with van der Waals surface area (Å²) in [7, 11) is -3.68. The number of nitrogens with zero attached hydrogens (tertiary/aromatic N) is 2. The number of amides is 2. The van der Waals surface area contributed by atoms with Crippen LogP contribution in [0.1, 0.15) is 37.0 Å². The van der Waals surface area contributed by atoms with Crippen molar-refractivity contribution in [3.63, 3.8) is 0 Å². The summed E-state index contributed by atoms with van der Waals surface area (Å²) in [5.74, 6) is 0.266. The van der Waals surface area contributed by atoms with Gasteiger partial charge in [-0.05, 0) is 75.1 Å². The average Bonchev–Trinajstić information content (AvgIpc) is 3.36. The van der Waals surface area contributed by atoms with Gasteiger partial charge in [-0.15, -0.1) is 0 Å². The number of hydrogen-bond acceptors (Lipinski definition) is 6. The summed E-state index contributed by atoms with van der Waals surface area (Å²) in [6.45, 7) is 5.39. The van der Waals surface area contributed by atoms with Gasteiger partial charge in [-0.1, -0.05) is 11.6 Å². The highest BCUT2D eigenvalue weighted by Gasteiger charge is 2.37. The van der Waals surface area contributed by atoms with Crippen molar-refractivity contribution in [2.75, 3.05) is 33.0 Å². The number of benzene rings is 2. The minimum Gasteiger partial charge on any atom is -0.454 e. The first-order valence-electron chi connectivity index (χ1n) is 12.0. The van der Waals surface area contributed by atoms with Crippen LogP contribution in [0.25, 0.3) is 0 Å². The lowest BCUT2D eigenvalue weighted by Crippen LogP contribution is -2.54. The van der Waals surface area contributed by atoms with Gasteiger partial charge in [0.1, 0.15) is 6.04 Å². The maximum Gasteiger partial charge on any atom is 0.252 e. The van der Waals surface area contributed by atoms with Crippen molar-refractivity contribution in [2.45, 2.75) is 37.6 Å². The second-order valence-corrected chi connectivity index (χ2v) is 11.1. The van der Waals surface area contributed by atoms with Gasteiger partial charge >= 0.3 is 0 Å². The van der Waals surface area contributed by atoms with Gasteiger partial charge in [-0.25, -0.2) is 8.42 Å². The van der Waals surface area contributed by atoms with Crippen LogP contribution in [0.4, 0.5) is 0 Å². The highest BCUT2D eigenvalue weighted by molar-refractivity contribution is 7.89. The summed E-state index contributed by atoms with van der Waals surface area (Å²) in [5.41, 5.74) is 0.361. The Balaban J connectivity index is 1.50. The first-order valence-corrected chi connectivity index (χ1v) is 13.8. The maximum atomic E-state index is 13.4. The van der Waals surface area contributed by atoms with Crippen LogP contribution in [0.3, 0.4) is 0 Å². The number of sulfonamides is 1. The molecular formula is C25H30ClN3O6S. The molecule has 2 amide bonds. The van der Waals surface area contributed by atoms with E-state index in [2.05, 4.69) is 5.32 Å². The molecule has 2 aliphatic rings. The number of likely N-dealkylation sites (N-methyl/N-ethyl adjacent to an activating group) is 1. The lowest BCUT2D eigenvalue weighted by molar-refractivity contribution is -0.134. The maximum absolute atomic E-state index is 13.4. The Morgan fingerprint density at radius 2 is 1.69 bits per heavy atom. The second kappa shape index (κ2) is 11.1. The largest absolute Gasteiger partial charge is 0.454 e. The van der Waals surface area contributed by atoms with E-state index in [0.717, 1.165) is 0 Å². The highest BCUT2D eigenvalue weighted by atomic mass is 35.5. The number of fused-ring (bicyclic) bond motifs is 1.